The Morgan fingerprint density at radius 1 is 1.06 bits per heavy atom. The largest absolute Gasteiger partial charge is 0.497 e. The normalized spacial score (nSPS) is 12.5. The molecular weight excluding hydrogens is 430 g/mol. The third kappa shape index (κ3) is 4.89. The zero-order valence-corrected chi connectivity index (χ0v) is 18.8. The van der Waals surface area contributed by atoms with E-state index in [4.69, 9.17) is 11.2 Å². The van der Waals surface area contributed by atoms with Gasteiger partial charge in [0.05, 0.1) is 24.9 Å². The summed E-state index contributed by atoms with van der Waals surface area (Å²) in [5.41, 5.74) is 2.58. The quantitative estimate of drug-likeness (QED) is 0.559. The van der Waals surface area contributed by atoms with Crippen molar-refractivity contribution in [1.29, 1.82) is 0 Å². The van der Waals surface area contributed by atoms with Gasteiger partial charge in [-0.05, 0) is 42.5 Å². The maximum absolute atomic E-state index is 13.0. The van der Waals surface area contributed by atoms with Gasteiger partial charge in [-0.2, -0.15) is 0 Å². The Morgan fingerprint density at radius 3 is 2.47 bits per heavy atom. The van der Waals surface area contributed by atoms with Gasteiger partial charge in [-0.15, -0.1) is 6.42 Å². The molecule has 1 aliphatic rings. The molecule has 4 rings (SSSR count). The third-order valence-corrected chi connectivity index (χ3v) is 5.36. The fourth-order valence-corrected chi connectivity index (χ4v) is 3.49. The second-order valence-electron chi connectivity index (χ2n) is 7.60. The number of likely N-dealkylation sites (N-methyl/N-ethyl adjacent to an activating group) is 1. The van der Waals surface area contributed by atoms with E-state index in [1.54, 1.807) is 42.5 Å². The number of carbonyl (C=O) groups excluding carboxylic acids is 2. The second kappa shape index (κ2) is 9.88. The smallest absolute Gasteiger partial charge is 0.259 e. The fraction of sp³-hybridized carbons (Fsp3) is 0.154. The number of carbonyl (C=O) groups is 2. The molecule has 1 aromatic heterocycles. The minimum absolute atomic E-state index is 0.231. The molecule has 2 N–H and O–H groups in total. The van der Waals surface area contributed by atoms with Crippen LogP contribution in [0, 0.1) is 12.3 Å². The number of benzene rings is 2. The van der Waals surface area contributed by atoms with Crippen LogP contribution < -0.4 is 15.4 Å². The average molecular weight is 454 g/mol. The Bertz CT molecular complexity index is 1290. The maximum atomic E-state index is 13.0. The van der Waals surface area contributed by atoms with Gasteiger partial charge in [0.25, 0.3) is 11.8 Å². The minimum atomic E-state index is -0.451. The van der Waals surface area contributed by atoms with E-state index >= 15 is 0 Å². The lowest BCUT2D eigenvalue weighted by Crippen LogP contribution is -2.23. The minimum Gasteiger partial charge on any atom is -0.497 e. The van der Waals surface area contributed by atoms with Crippen molar-refractivity contribution in [2.45, 2.75) is 0 Å². The number of rotatable bonds is 6. The second-order valence-corrected chi connectivity index (χ2v) is 7.60. The molecule has 8 heteroatoms. The van der Waals surface area contributed by atoms with Crippen LogP contribution in [0.15, 0.2) is 65.8 Å². The van der Waals surface area contributed by atoms with E-state index in [9.17, 15) is 9.59 Å². The fourth-order valence-electron chi connectivity index (χ4n) is 3.49. The molecule has 8 nitrogen and oxygen atoms in total. The van der Waals surface area contributed by atoms with Gasteiger partial charge in [0.2, 0.25) is 0 Å². The van der Waals surface area contributed by atoms with Gasteiger partial charge in [-0.3, -0.25) is 14.6 Å². The lowest BCUT2D eigenvalue weighted by Gasteiger charge is -2.15. The lowest BCUT2D eigenvalue weighted by molar-refractivity contribution is 0.102. The van der Waals surface area contributed by atoms with Gasteiger partial charge in [0, 0.05) is 36.5 Å². The van der Waals surface area contributed by atoms with Crippen molar-refractivity contribution in [2.75, 3.05) is 37.9 Å². The number of anilines is 2. The Labute approximate surface area is 197 Å². The molecule has 0 spiro atoms. The zero-order valence-electron chi connectivity index (χ0n) is 18.8. The highest BCUT2D eigenvalue weighted by Crippen LogP contribution is 2.24. The van der Waals surface area contributed by atoms with Crippen molar-refractivity contribution in [1.82, 2.24) is 9.88 Å². The first-order chi connectivity index (χ1) is 16.5. The molecule has 2 amide bonds. The summed E-state index contributed by atoms with van der Waals surface area (Å²) in [4.78, 5) is 36.6. The molecule has 0 unspecified atom stereocenters. The van der Waals surface area contributed by atoms with Gasteiger partial charge < -0.3 is 20.3 Å². The summed E-state index contributed by atoms with van der Waals surface area (Å²) in [7, 11) is 3.49. The van der Waals surface area contributed by atoms with Crippen molar-refractivity contribution in [3.63, 3.8) is 0 Å². The van der Waals surface area contributed by atoms with Crippen molar-refractivity contribution >= 4 is 29.2 Å². The number of nitrogens with zero attached hydrogens (tertiary/aromatic N) is 3. The number of pyridine rings is 1. The summed E-state index contributed by atoms with van der Waals surface area (Å²) < 4.78 is 5.26. The van der Waals surface area contributed by atoms with Gasteiger partial charge >= 0.3 is 0 Å². The molecule has 0 aliphatic carbocycles. The number of terminal acetylenes is 1. The summed E-state index contributed by atoms with van der Waals surface area (Å²) >= 11 is 0. The number of hydrogen-bond donors (Lipinski definition) is 2. The molecule has 2 aromatic carbocycles. The summed E-state index contributed by atoms with van der Waals surface area (Å²) in [6, 6.07) is 15.3. The van der Waals surface area contributed by atoms with Crippen LogP contribution in [-0.4, -0.2) is 54.8 Å². The van der Waals surface area contributed by atoms with Crippen molar-refractivity contribution in [3.05, 3.63) is 83.0 Å². The standard InChI is InChI=1S/C26H23N5O3/c1-4-17-5-12-23(28-16-17)30-26(33)21-15-20(34-3)10-11-22(21)29-25(32)19-8-6-18(7-9-19)24-27-13-14-31(24)2/h1,5-12,15-16H,13-14H2,2-3H3,(H,29,32)(H,28,30,33). The maximum Gasteiger partial charge on any atom is 0.259 e. The third-order valence-electron chi connectivity index (χ3n) is 5.36. The van der Waals surface area contributed by atoms with E-state index in [2.05, 4.69) is 31.4 Å². The lowest BCUT2D eigenvalue weighted by atomic mass is 10.1. The number of methoxy groups -OCH3 is 1. The van der Waals surface area contributed by atoms with E-state index < -0.39 is 5.91 Å². The molecule has 170 valence electrons. The van der Waals surface area contributed by atoms with Gasteiger partial charge in [-0.1, -0.05) is 18.1 Å². The van der Waals surface area contributed by atoms with Crippen LogP contribution in [0.1, 0.15) is 31.8 Å². The molecule has 1 aliphatic heterocycles. The first-order valence-corrected chi connectivity index (χ1v) is 10.6. The van der Waals surface area contributed by atoms with Crippen molar-refractivity contribution in [3.8, 4) is 18.1 Å². The van der Waals surface area contributed by atoms with Crippen LogP contribution in [0.3, 0.4) is 0 Å². The van der Waals surface area contributed by atoms with E-state index in [1.165, 1.54) is 13.3 Å². The molecule has 0 radical (unpaired) electrons. The number of amidine groups is 1. The molecule has 0 saturated carbocycles. The van der Waals surface area contributed by atoms with Gasteiger partial charge in [0.15, 0.2) is 0 Å². The van der Waals surface area contributed by atoms with E-state index in [1.807, 2.05) is 19.2 Å². The summed E-state index contributed by atoms with van der Waals surface area (Å²) in [6.07, 6.45) is 6.83. The number of aromatic nitrogens is 1. The zero-order chi connectivity index (χ0) is 24.1. The van der Waals surface area contributed by atoms with Crippen LogP contribution in [0.25, 0.3) is 0 Å². The SMILES string of the molecule is C#Cc1ccc(NC(=O)c2cc(OC)ccc2NC(=O)c2ccc(C3=NCCN3C)cc2)nc1. The van der Waals surface area contributed by atoms with E-state index in [-0.39, 0.29) is 11.5 Å². The summed E-state index contributed by atoms with van der Waals surface area (Å²) in [5, 5.41) is 5.53. The van der Waals surface area contributed by atoms with E-state index in [0.717, 1.165) is 24.5 Å². The molecule has 34 heavy (non-hydrogen) atoms. The predicted molar refractivity (Wildman–Crippen MR) is 132 cm³/mol. The van der Waals surface area contributed by atoms with Gasteiger partial charge in [0.1, 0.15) is 17.4 Å². The number of aliphatic imine (C=N–C) groups is 1. The summed E-state index contributed by atoms with van der Waals surface area (Å²) in [6.45, 7) is 1.64. The van der Waals surface area contributed by atoms with Crippen molar-refractivity contribution < 1.29 is 14.3 Å². The van der Waals surface area contributed by atoms with Crippen LogP contribution in [0.2, 0.25) is 0 Å². The van der Waals surface area contributed by atoms with Crippen LogP contribution >= 0.6 is 0 Å². The summed E-state index contributed by atoms with van der Waals surface area (Å²) in [5.74, 6) is 3.40. The Hall–Kier alpha value is -4.64. The highest BCUT2D eigenvalue weighted by Gasteiger charge is 2.18. The molecule has 3 aromatic rings. The molecule has 0 atom stereocenters. The molecule has 0 fully saturated rings. The topological polar surface area (TPSA) is 95.9 Å². The molecule has 0 bridgehead atoms. The highest BCUT2D eigenvalue weighted by molar-refractivity contribution is 6.12. The van der Waals surface area contributed by atoms with Crippen LogP contribution in [0.4, 0.5) is 11.5 Å². The Balaban J connectivity index is 1.53. The molecular formula is C26H23N5O3. The number of ether oxygens (including phenoxy) is 1. The van der Waals surface area contributed by atoms with E-state index in [0.29, 0.717) is 28.4 Å². The van der Waals surface area contributed by atoms with Gasteiger partial charge in [-0.25, -0.2) is 4.98 Å². The average Bonchev–Trinajstić information content (AvgIpc) is 3.30. The first-order valence-electron chi connectivity index (χ1n) is 10.6. The van der Waals surface area contributed by atoms with Crippen molar-refractivity contribution in [2.24, 2.45) is 4.99 Å². The molecule has 2 heterocycles. The Morgan fingerprint density at radius 2 is 1.85 bits per heavy atom. The number of amides is 2. The first kappa shape index (κ1) is 22.6. The van der Waals surface area contributed by atoms with Crippen LogP contribution in [0.5, 0.6) is 5.75 Å². The monoisotopic (exact) mass is 453 g/mol. The Kier molecular flexibility index (Phi) is 6.55. The number of hydrogen-bond acceptors (Lipinski definition) is 6. The van der Waals surface area contributed by atoms with Crippen LogP contribution in [-0.2, 0) is 0 Å². The number of nitrogens with one attached hydrogen (secondary N) is 2. The molecule has 0 saturated heterocycles. The predicted octanol–water partition coefficient (Wildman–Crippen LogP) is 3.27. The highest BCUT2D eigenvalue weighted by atomic mass is 16.5.